The van der Waals surface area contributed by atoms with E-state index in [4.69, 9.17) is 5.73 Å². The summed E-state index contributed by atoms with van der Waals surface area (Å²) in [6.45, 7) is 0.324. The maximum Gasteiger partial charge on any atom is 0.264 e. The fraction of sp³-hybridized carbons (Fsp3) is 0.800. The Balaban J connectivity index is 2.75. The van der Waals surface area contributed by atoms with Crippen molar-refractivity contribution in [1.82, 2.24) is 20.2 Å². The molecule has 0 aliphatic rings. The second kappa shape index (κ2) is 3.10. The fourth-order valence-corrected chi connectivity index (χ4v) is 0.755. The summed E-state index contributed by atoms with van der Waals surface area (Å²) in [5, 5.41) is 10.1. The minimum Gasteiger partial charge on any atom is -0.324 e. The summed E-state index contributed by atoms with van der Waals surface area (Å²) >= 11 is 0. The second-order valence-electron chi connectivity index (χ2n) is 2.53. The van der Waals surface area contributed by atoms with E-state index in [9.17, 15) is 8.78 Å². The Labute approximate surface area is 67.5 Å². The number of alkyl halides is 2. The number of halogens is 2. The summed E-state index contributed by atoms with van der Waals surface area (Å²) in [5.41, 5.74) is 5.21. The Bertz CT molecular complexity index is 253. The van der Waals surface area contributed by atoms with Crippen molar-refractivity contribution in [3.63, 3.8) is 0 Å². The Morgan fingerprint density at radius 2 is 2.25 bits per heavy atom. The average molecular weight is 177 g/mol. The van der Waals surface area contributed by atoms with Crippen molar-refractivity contribution in [2.24, 2.45) is 5.73 Å². The smallest absolute Gasteiger partial charge is 0.264 e. The van der Waals surface area contributed by atoms with Crippen LogP contribution in [0.15, 0.2) is 0 Å². The van der Waals surface area contributed by atoms with Gasteiger partial charge in [0.05, 0.1) is 6.54 Å². The monoisotopic (exact) mass is 177 g/mol. The molecule has 68 valence electrons. The van der Waals surface area contributed by atoms with Crippen LogP contribution in [0, 0.1) is 0 Å². The average Bonchev–Trinajstić information content (AvgIpc) is 2.31. The number of hydrogen-bond acceptors (Lipinski definition) is 4. The largest absolute Gasteiger partial charge is 0.324 e. The van der Waals surface area contributed by atoms with Gasteiger partial charge in [0.25, 0.3) is 5.92 Å². The topological polar surface area (TPSA) is 69.6 Å². The third-order valence-electron chi connectivity index (χ3n) is 1.22. The van der Waals surface area contributed by atoms with Gasteiger partial charge in [-0.3, -0.25) is 0 Å². The molecule has 2 N–H and O–H groups in total. The highest BCUT2D eigenvalue weighted by Crippen LogP contribution is 2.13. The van der Waals surface area contributed by atoms with Crippen molar-refractivity contribution < 1.29 is 8.78 Å². The molecule has 0 bridgehead atoms. The summed E-state index contributed by atoms with van der Waals surface area (Å²) < 4.78 is 25.9. The first-order chi connectivity index (χ1) is 5.53. The normalized spacial score (nSPS) is 12.0. The van der Waals surface area contributed by atoms with Gasteiger partial charge in [-0.25, -0.2) is 13.5 Å². The number of nitrogens with zero attached hydrogens (tertiary/aromatic N) is 4. The Kier molecular flexibility index (Phi) is 2.32. The molecule has 0 aromatic carbocycles. The summed E-state index contributed by atoms with van der Waals surface area (Å²) in [5.74, 6) is -2.56. The van der Waals surface area contributed by atoms with Gasteiger partial charge in [-0.05, 0) is 10.4 Å². The van der Waals surface area contributed by atoms with Crippen molar-refractivity contribution in [2.45, 2.75) is 25.9 Å². The lowest BCUT2D eigenvalue weighted by molar-refractivity contribution is -0.000740. The van der Waals surface area contributed by atoms with Gasteiger partial charge >= 0.3 is 0 Å². The lowest BCUT2D eigenvalue weighted by atomic mass is 10.4. The zero-order valence-electron chi connectivity index (χ0n) is 6.54. The summed E-state index contributed by atoms with van der Waals surface area (Å²) in [6, 6.07) is 0. The van der Waals surface area contributed by atoms with E-state index in [0.717, 1.165) is 11.6 Å². The molecule has 0 radical (unpaired) electrons. The molecular weight excluding hydrogens is 168 g/mol. The van der Waals surface area contributed by atoms with Crippen molar-refractivity contribution >= 4 is 0 Å². The molecule has 0 aliphatic carbocycles. The molecule has 0 fully saturated rings. The quantitative estimate of drug-likeness (QED) is 0.693. The van der Waals surface area contributed by atoms with Crippen LogP contribution in [0.5, 0.6) is 0 Å². The van der Waals surface area contributed by atoms with Gasteiger partial charge in [-0.1, -0.05) is 0 Å². The predicted octanol–water partition coefficient (Wildman–Crippen LogP) is -0.213. The maximum atomic E-state index is 12.4. The third kappa shape index (κ3) is 2.19. The fourth-order valence-electron chi connectivity index (χ4n) is 0.755. The number of aromatic nitrogens is 4. The molecule has 0 aliphatic heterocycles. The Hall–Kier alpha value is -1.11. The minimum atomic E-state index is -2.82. The Morgan fingerprint density at radius 1 is 1.58 bits per heavy atom. The first-order valence-corrected chi connectivity index (χ1v) is 3.36. The standard InChI is InChI=1S/C5H9F2N5/c1-5(6,7)3-12-4(2-8)9-10-11-12/h2-3,8H2,1H3. The van der Waals surface area contributed by atoms with Crippen LogP contribution in [0.3, 0.4) is 0 Å². The molecule has 0 spiro atoms. The molecule has 0 atom stereocenters. The van der Waals surface area contributed by atoms with Crippen LogP contribution in [-0.2, 0) is 13.1 Å². The van der Waals surface area contributed by atoms with E-state index in [1.54, 1.807) is 0 Å². The van der Waals surface area contributed by atoms with Crippen LogP contribution in [-0.4, -0.2) is 26.1 Å². The molecule has 0 saturated carbocycles. The lowest BCUT2D eigenvalue weighted by Crippen LogP contribution is -2.22. The van der Waals surface area contributed by atoms with Crippen molar-refractivity contribution in [1.29, 1.82) is 0 Å². The van der Waals surface area contributed by atoms with Crippen LogP contribution >= 0.6 is 0 Å². The number of tetrazole rings is 1. The third-order valence-corrected chi connectivity index (χ3v) is 1.22. The van der Waals surface area contributed by atoms with Gasteiger partial charge in [0, 0.05) is 6.92 Å². The van der Waals surface area contributed by atoms with Crippen molar-refractivity contribution in [2.75, 3.05) is 0 Å². The van der Waals surface area contributed by atoms with Crippen LogP contribution < -0.4 is 5.73 Å². The Morgan fingerprint density at radius 3 is 2.75 bits per heavy atom. The second-order valence-corrected chi connectivity index (χ2v) is 2.53. The van der Waals surface area contributed by atoms with Gasteiger partial charge in [0.1, 0.15) is 6.54 Å². The zero-order chi connectivity index (χ0) is 9.19. The van der Waals surface area contributed by atoms with Crippen LogP contribution in [0.4, 0.5) is 8.78 Å². The SMILES string of the molecule is CC(F)(F)Cn1nnnc1CN. The summed E-state index contributed by atoms with van der Waals surface area (Å²) in [6.07, 6.45) is 0. The van der Waals surface area contributed by atoms with Crippen molar-refractivity contribution in [3.8, 4) is 0 Å². The molecule has 1 aromatic heterocycles. The number of rotatable bonds is 3. The minimum absolute atomic E-state index is 0.0586. The van der Waals surface area contributed by atoms with E-state index in [1.165, 1.54) is 0 Å². The van der Waals surface area contributed by atoms with E-state index in [1.807, 2.05) is 0 Å². The number of nitrogens with two attached hydrogens (primary N) is 1. The molecule has 5 nitrogen and oxygen atoms in total. The molecule has 0 amide bonds. The molecule has 1 aromatic rings. The van der Waals surface area contributed by atoms with Gasteiger partial charge in [-0.15, -0.1) is 5.10 Å². The molecule has 7 heteroatoms. The highest BCUT2D eigenvalue weighted by molar-refractivity contribution is 4.79. The summed E-state index contributed by atoms with van der Waals surface area (Å²) in [4.78, 5) is 0. The zero-order valence-corrected chi connectivity index (χ0v) is 6.54. The summed E-state index contributed by atoms with van der Waals surface area (Å²) in [7, 11) is 0. The van der Waals surface area contributed by atoms with E-state index < -0.39 is 12.5 Å². The maximum absolute atomic E-state index is 12.4. The van der Waals surface area contributed by atoms with Gasteiger partial charge in [0.2, 0.25) is 0 Å². The van der Waals surface area contributed by atoms with Crippen LogP contribution in [0.25, 0.3) is 0 Å². The lowest BCUT2D eigenvalue weighted by Gasteiger charge is -2.09. The predicted molar refractivity (Wildman–Crippen MR) is 36.3 cm³/mol. The van der Waals surface area contributed by atoms with E-state index in [0.29, 0.717) is 0 Å². The van der Waals surface area contributed by atoms with E-state index in [2.05, 4.69) is 15.5 Å². The number of hydrogen-bond donors (Lipinski definition) is 1. The molecular formula is C5H9F2N5. The van der Waals surface area contributed by atoms with E-state index in [-0.39, 0.29) is 12.4 Å². The van der Waals surface area contributed by atoms with Gasteiger partial charge in [-0.2, -0.15) is 0 Å². The first kappa shape index (κ1) is 8.98. The first-order valence-electron chi connectivity index (χ1n) is 3.36. The van der Waals surface area contributed by atoms with Gasteiger partial charge in [0.15, 0.2) is 5.82 Å². The highest BCUT2D eigenvalue weighted by Gasteiger charge is 2.23. The highest BCUT2D eigenvalue weighted by atomic mass is 19.3. The van der Waals surface area contributed by atoms with Crippen molar-refractivity contribution in [3.05, 3.63) is 5.82 Å². The molecule has 0 unspecified atom stereocenters. The molecule has 12 heavy (non-hydrogen) atoms. The van der Waals surface area contributed by atoms with Crippen LogP contribution in [0.2, 0.25) is 0 Å². The molecule has 1 heterocycles. The molecule has 0 saturated heterocycles. The van der Waals surface area contributed by atoms with E-state index >= 15 is 0 Å². The molecule has 1 rings (SSSR count). The van der Waals surface area contributed by atoms with Gasteiger partial charge < -0.3 is 5.73 Å². The van der Waals surface area contributed by atoms with Crippen LogP contribution in [0.1, 0.15) is 12.7 Å².